The maximum atomic E-state index is 12.5. The first kappa shape index (κ1) is 13.1. The molecule has 3 rings (SSSR count). The van der Waals surface area contributed by atoms with Gasteiger partial charge in [0.05, 0.1) is 0 Å². The topological polar surface area (TPSA) is 74.3 Å². The molecule has 20 heavy (non-hydrogen) atoms. The summed E-state index contributed by atoms with van der Waals surface area (Å²) in [5.41, 5.74) is 0.214. The van der Waals surface area contributed by atoms with Crippen molar-refractivity contribution in [1.29, 1.82) is 0 Å². The Morgan fingerprint density at radius 3 is 2.75 bits per heavy atom. The van der Waals surface area contributed by atoms with E-state index < -0.39 is 5.54 Å². The Balaban J connectivity index is 1.68. The van der Waals surface area contributed by atoms with Crippen molar-refractivity contribution in [2.24, 2.45) is 0 Å². The summed E-state index contributed by atoms with van der Waals surface area (Å²) in [7, 11) is 0. The molecule has 106 valence electrons. The number of carbonyl (C=O) groups is 2. The first-order valence-corrected chi connectivity index (χ1v) is 6.96. The molecule has 0 aromatic carbocycles. The number of piperidine rings is 1. The zero-order chi connectivity index (χ0) is 14.0. The lowest BCUT2D eigenvalue weighted by molar-refractivity contribution is -0.132. The average Bonchev–Trinajstić information content (AvgIpc) is 2.70. The molecular weight excluding hydrogens is 256 g/mol. The molecule has 6 heteroatoms. The van der Waals surface area contributed by atoms with Gasteiger partial charge in [-0.1, -0.05) is 6.07 Å². The van der Waals surface area contributed by atoms with Gasteiger partial charge in [-0.3, -0.25) is 14.7 Å². The van der Waals surface area contributed by atoms with E-state index in [2.05, 4.69) is 15.6 Å². The van der Waals surface area contributed by atoms with Crippen LogP contribution in [0.5, 0.6) is 0 Å². The second-order valence-corrected chi connectivity index (χ2v) is 5.29. The van der Waals surface area contributed by atoms with Crippen LogP contribution in [0.25, 0.3) is 0 Å². The van der Waals surface area contributed by atoms with Gasteiger partial charge in [-0.2, -0.15) is 0 Å². The first-order chi connectivity index (χ1) is 9.71. The third-order valence-electron chi connectivity index (χ3n) is 4.02. The van der Waals surface area contributed by atoms with Gasteiger partial charge < -0.3 is 10.6 Å². The highest BCUT2D eigenvalue weighted by molar-refractivity contribution is 6.07. The minimum atomic E-state index is -0.674. The number of hydrogen-bond donors (Lipinski definition) is 2. The molecule has 0 atom stereocenters. The van der Waals surface area contributed by atoms with Crippen molar-refractivity contribution < 1.29 is 9.59 Å². The van der Waals surface area contributed by atoms with Gasteiger partial charge >= 0.3 is 6.03 Å². The summed E-state index contributed by atoms with van der Waals surface area (Å²) in [4.78, 5) is 30.1. The molecule has 2 aliphatic rings. The summed E-state index contributed by atoms with van der Waals surface area (Å²) in [6, 6.07) is 5.38. The molecule has 2 aliphatic heterocycles. The molecule has 3 heterocycles. The molecule has 1 aromatic heterocycles. The van der Waals surface area contributed by atoms with Gasteiger partial charge in [0.25, 0.3) is 5.91 Å². The third-order valence-corrected chi connectivity index (χ3v) is 4.02. The van der Waals surface area contributed by atoms with Crippen LogP contribution in [0.4, 0.5) is 4.79 Å². The molecule has 1 aromatic rings. The van der Waals surface area contributed by atoms with Crippen LogP contribution in [0.2, 0.25) is 0 Å². The van der Waals surface area contributed by atoms with Gasteiger partial charge in [-0.05, 0) is 38.1 Å². The number of nitrogens with zero attached hydrogens (tertiary/aromatic N) is 2. The number of pyridine rings is 1. The highest BCUT2D eigenvalue weighted by Crippen LogP contribution is 2.26. The summed E-state index contributed by atoms with van der Waals surface area (Å²) >= 11 is 0. The van der Waals surface area contributed by atoms with Gasteiger partial charge in [0.2, 0.25) is 0 Å². The molecule has 0 aliphatic carbocycles. The number of amides is 3. The largest absolute Gasteiger partial charge is 0.325 e. The number of nitrogens with one attached hydrogen (secondary N) is 2. The fourth-order valence-electron chi connectivity index (χ4n) is 2.84. The van der Waals surface area contributed by atoms with E-state index in [-0.39, 0.29) is 11.9 Å². The van der Waals surface area contributed by atoms with Crippen molar-refractivity contribution in [2.45, 2.75) is 24.8 Å². The van der Waals surface area contributed by atoms with Crippen molar-refractivity contribution in [3.63, 3.8) is 0 Å². The second kappa shape index (κ2) is 5.20. The predicted octanol–water partition coefficient (Wildman–Crippen LogP) is 0.298. The number of urea groups is 1. The minimum absolute atomic E-state index is 0.0834. The van der Waals surface area contributed by atoms with E-state index in [1.165, 1.54) is 4.90 Å². The quantitative estimate of drug-likeness (QED) is 0.777. The fourth-order valence-corrected chi connectivity index (χ4v) is 2.84. The van der Waals surface area contributed by atoms with Crippen molar-refractivity contribution in [3.8, 4) is 0 Å². The molecule has 2 fully saturated rings. The van der Waals surface area contributed by atoms with E-state index in [1.54, 1.807) is 6.20 Å². The summed E-state index contributed by atoms with van der Waals surface area (Å²) in [6.45, 7) is 1.91. The standard InChI is InChI=1S/C14H18N4O2/c19-12-14(5-8-15-9-6-14)17-13(20)18(12)10-4-11-3-1-2-7-16-11/h1-3,7,15H,4-6,8-10H2,(H,17,20). The van der Waals surface area contributed by atoms with E-state index in [4.69, 9.17) is 0 Å². The van der Waals surface area contributed by atoms with E-state index in [0.717, 1.165) is 18.8 Å². The van der Waals surface area contributed by atoms with Crippen molar-refractivity contribution in [1.82, 2.24) is 20.5 Å². The summed E-state index contributed by atoms with van der Waals surface area (Å²) < 4.78 is 0. The van der Waals surface area contributed by atoms with E-state index >= 15 is 0 Å². The second-order valence-electron chi connectivity index (χ2n) is 5.29. The average molecular weight is 274 g/mol. The normalized spacial score (nSPS) is 21.3. The minimum Gasteiger partial charge on any atom is -0.323 e. The SMILES string of the molecule is O=C1NC2(CCNCC2)C(=O)N1CCc1ccccn1. The van der Waals surface area contributed by atoms with Crippen molar-refractivity contribution in [3.05, 3.63) is 30.1 Å². The molecule has 0 unspecified atom stereocenters. The number of hydrogen-bond acceptors (Lipinski definition) is 4. The lowest BCUT2D eigenvalue weighted by Gasteiger charge is -2.31. The Bertz CT molecular complexity index is 511. The predicted molar refractivity (Wildman–Crippen MR) is 73.0 cm³/mol. The zero-order valence-corrected chi connectivity index (χ0v) is 11.3. The maximum absolute atomic E-state index is 12.5. The monoisotopic (exact) mass is 274 g/mol. The summed E-state index contributed by atoms with van der Waals surface area (Å²) in [5.74, 6) is -0.0834. The van der Waals surface area contributed by atoms with Gasteiger partial charge in [-0.25, -0.2) is 4.79 Å². The molecule has 6 nitrogen and oxygen atoms in total. The van der Waals surface area contributed by atoms with Crippen LogP contribution in [0, 0.1) is 0 Å². The Morgan fingerprint density at radius 1 is 1.25 bits per heavy atom. The Hall–Kier alpha value is -1.95. The third kappa shape index (κ3) is 2.27. The molecule has 2 N–H and O–H groups in total. The van der Waals surface area contributed by atoms with Crippen molar-refractivity contribution >= 4 is 11.9 Å². The van der Waals surface area contributed by atoms with Crippen LogP contribution in [0.1, 0.15) is 18.5 Å². The zero-order valence-electron chi connectivity index (χ0n) is 11.3. The smallest absolute Gasteiger partial charge is 0.323 e. The Morgan fingerprint density at radius 2 is 2.05 bits per heavy atom. The van der Waals surface area contributed by atoms with Crippen LogP contribution >= 0.6 is 0 Å². The van der Waals surface area contributed by atoms with E-state index in [9.17, 15) is 9.59 Å². The lowest BCUT2D eigenvalue weighted by atomic mass is 9.88. The van der Waals surface area contributed by atoms with E-state index in [1.807, 2.05) is 18.2 Å². The number of rotatable bonds is 3. The van der Waals surface area contributed by atoms with Crippen LogP contribution in [0.3, 0.4) is 0 Å². The van der Waals surface area contributed by atoms with Crippen LogP contribution in [0.15, 0.2) is 24.4 Å². The number of aromatic nitrogens is 1. The van der Waals surface area contributed by atoms with Gasteiger partial charge in [0.1, 0.15) is 5.54 Å². The van der Waals surface area contributed by atoms with E-state index in [0.29, 0.717) is 25.8 Å². The Kier molecular flexibility index (Phi) is 3.40. The van der Waals surface area contributed by atoms with Gasteiger partial charge in [0, 0.05) is 24.9 Å². The van der Waals surface area contributed by atoms with Gasteiger partial charge in [-0.15, -0.1) is 0 Å². The summed E-state index contributed by atoms with van der Waals surface area (Å²) in [5, 5.41) is 6.09. The highest BCUT2D eigenvalue weighted by atomic mass is 16.2. The molecule has 0 bridgehead atoms. The van der Waals surface area contributed by atoms with Crippen LogP contribution in [-0.4, -0.2) is 47.0 Å². The fraction of sp³-hybridized carbons (Fsp3) is 0.500. The molecule has 0 radical (unpaired) electrons. The van der Waals surface area contributed by atoms with Gasteiger partial charge in [0.15, 0.2) is 0 Å². The highest BCUT2D eigenvalue weighted by Gasteiger charge is 2.50. The molecule has 1 spiro atoms. The molecular formula is C14H18N4O2. The maximum Gasteiger partial charge on any atom is 0.325 e. The summed E-state index contributed by atoms with van der Waals surface area (Å²) in [6.07, 6.45) is 3.64. The first-order valence-electron chi connectivity index (χ1n) is 6.96. The van der Waals surface area contributed by atoms with Crippen LogP contribution in [-0.2, 0) is 11.2 Å². The molecule has 3 amide bonds. The Labute approximate surface area is 117 Å². The molecule has 0 saturated carbocycles. The number of imide groups is 1. The number of carbonyl (C=O) groups excluding carboxylic acids is 2. The van der Waals surface area contributed by atoms with Crippen molar-refractivity contribution in [2.75, 3.05) is 19.6 Å². The molecule has 2 saturated heterocycles. The van der Waals surface area contributed by atoms with Crippen LogP contribution < -0.4 is 10.6 Å². The lowest BCUT2D eigenvalue weighted by Crippen LogP contribution is -2.53.